The molecule has 0 bridgehead atoms. The number of rotatable bonds is 4. The molecular formula is C12H14O5. The number of ether oxygens (including phenoxy) is 3. The van der Waals surface area contributed by atoms with Crippen molar-refractivity contribution in [1.82, 2.24) is 0 Å². The van der Waals surface area contributed by atoms with E-state index in [9.17, 15) is 9.59 Å². The third-order valence-corrected chi connectivity index (χ3v) is 1.91. The first kappa shape index (κ1) is 13.0. The fraction of sp³-hybridized carbons (Fsp3) is 0.333. The van der Waals surface area contributed by atoms with Gasteiger partial charge in [-0.1, -0.05) is 6.07 Å². The van der Waals surface area contributed by atoms with Crippen LogP contribution >= 0.6 is 0 Å². The Morgan fingerprint density at radius 1 is 1.24 bits per heavy atom. The lowest BCUT2D eigenvalue weighted by Gasteiger charge is -2.12. The molecule has 0 amide bonds. The van der Waals surface area contributed by atoms with E-state index in [-0.39, 0.29) is 0 Å². The summed E-state index contributed by atoms with van der Waals surface area (Å²) in [6.45, 7) is 2.72. The SMILES string of the molecule is COc1cccc(C(=O)OC(C)OC(C)=O)c1. The van der Waals surface area contributed by atoms with Crippen LogP contribution in [0.15, 0.2) is 24.3 Å². The van der Waals surface area contributed by atoms with Gasteiger partial charge in [0.1, 0.15) is 5.75 Å². The second kappa shape index (κ2) is 5.89. The molecule has 1 unspecified atom stereocenters. The van der Waals surface area contributed by atoms with Crippen molar-refractivity contribution in [1.29, 1.82) is 0 Å². The van der Waals surface area contributed by atoms with Crippen molar-refractivity contribution in [3.63, 3.8) is 0 Å². The molecule has 0 aromatic heterocycles. The largest absolute Gasteiger partial charge is 0.497 e. The molecule has 92 valence electrons. The van der Waals surface area contributed by atoms with Crippen LogP contribution in [0.3, 0.4) is 0 Å². The van der Waals surface area contributed by atoms with E-state index < -0.39 is 18.2 Å². The summed E-state index contributed by atoms with van der Waals surface area (Å²) in [6.07, 6.45) is -0.911. The van der Waals surface area contributed by atoms with E-state index in [2.05, 4.69) is 4.74 Å². The second-order valence-electron chi connectivity index (χ2n) is 3.31. The van der Waals surface area contributed by atoms with E-state index in [1.807, 2.05) is 0 Å². The third-order valence-electron chi connectivity index (χ3n) is 1.91. The molecule has 0 spiro atoms. The first-order valence-electron chi connectivity index (χ1n) is 5.05. The summed E-state index contributed by atoms with van der Waals surface area (Å²) < 4.78 is 14.6. The summed E-state index contributed by atoms with van der Waals surface area (Å²) in [4.78, 5) is 22.3. The summed E-state index contributed by atoms with van der Waals surface area (Å²) in [6, 6.07) is 6.52. The molecule has 0 radical (unpaired) electrons. The van der Waals surface area contributed by atoms with Crippen LogP contribution in [0.25, 0.3) is 0 Å². The van der Waals surface area contributed by atoms with Crippen molar-refractivity contribution in [2.75, 3.05) is 7.11 Å². The average molecular weight is 238 g/mol. The molecule has 0 saturated heterocycles. The summed E-state index contributed by atoms with van der Waals surface area (Å²) in [5.74, 6) is -0.520. The number of methoxy groups -OCH3 is 1. The molecule has 17 heavy (non-hydrogen) atoms. The molecule has 0 heterocycles. The van der Waals surface area contributed by atoms with Gasteiger partial charge in [-0.2, -0.15) is 0 Å². The third kappa shape index (κ3) is 4.14. The fourth-order valence-electron chi connectivity index (χ4n) is 1.23. The van der Waals surface area contributed by atoms with Gasteiger partial charge in [-0.05, 0) is 18.2 Å². The Hall–Kier alpha value is -2.04. The number of esters is 2. The van der Waals surface area contributed by atoms with Gasteiger partial charge in [0, 0.05) is 13.8 Å². The van der Waals surface area contributed by atoms with Crippen LogP contribution in [0, 0.1) is 0 Å². The lowest BCUT2D eigenvalue weighted by molar-refractivity contribution is -0.162. The molecule has 5 heteroatoms. The molecule has 0 aliphatic heterocycles. The zero-order valence-corrected chi connectivity index (χ0v) is 9.93. The van der Waals surface area contributed by atoms with Crippen LogP contribution in [-0.4, -0.2) is 25.3 Å². The zero-order chi connectivity index (χ0) is 12.8. The van der Waals surface area contributed by atoms with E-state index in [4.69, 9.17) is 9.47 Å². The van der Waals surface area contributed by atoms with Crippen LogP contribution in [0.5, 0.6) is 5.75 Å². The highest BCUT2D eigenvalue weighted by molar-refractivity contribution is 5.90. The summed E-state index contributed by atoms with van der Waals surface area (Å²) in [7, 11) is 1.51. The summed E-state index contributed by atoms with van der Waals surface area (Å²) in [5.41, 5.74) is 0.336. The maximum absolute atomic E-state index is 11.6. The molecule has 1 rings (SSSR count). The Morgan fingerprint density at radius 2 is 1.94 bits per heavy atom. The highest BCUT2D eigenvalue weighted by Crippen LogP contribution is 2.14. The first-order valence-corrected chi connectivity index (χ1v) is 5.05. The predicted molar refractivity (Wildman–Crippen MR) is 59.6 cm³/mol. The van der Waals surface area contributed by atoms with Crippen LogP contribution < -0.4 is 4.74 Å². The Morgan fingerprint density at radius 3 is 2.53 bits per heavy atom. The minimum Gasteiger partial charge on any atom is -0.497 e. The monoisotopic (exact) mass is 238 g/mol. The normalized spacial score (nSPS) is 11.5. The maximum Gasteiger partial charge on any atom is 0.341 e. The van der Waals surface area contributed by atoms with Gasteiger partial charge in [0.05, 0.1) is 12.7 Å². The Bertz CT molecular complexity index is 413. The van der Waals surface area contributed by atoms with Gasteiger partial charge in [0.25, 0.3) is 0 Å². The standard InChI is InChI=1S/C12H14O5/c1-8(13)16-9(2)17-12(14)10-5-4-6-11(7-10)15-3/h4-7,9H,1-3H3. The smallest absolute Gasteiger partial charge is 0.341 e. The number of benzene rings is 1. The minimum atomic E-state index is -0.911. The van der Waals surface area contributed by atoms with Crippen molar-refractivity contribution in [3.8, 4) is 5.75 Å². The van der Waals surface area contributed by atoms with Gasteiger partial charge in [0.15, 0.2) is 0 Å². The average Bonchev–Trinajstić information content (AvgIpc) is 2.27. The Kier molecular flexibility index (Phi) is 4.51. The topological polar surface area (TPSA) is 61.8 Å². The number of hydrogen-bond donors (Lipinski definition) is 0. The van der Waals surface area contributed by atoms with Crippen molar-refractivity contribution in [3.05, 3.63) is 29.8 Å². The molecule has 5 nitrogen and oxygen atoms in total. The highest BCUT2D eigenvalue weighted by Gasteiger charge is 2.14. The minimum absolute atomic E-state index is 0.336. The van der Waals surface area contributed by atoms with Crippen LogP contribution in [0.4, 0.5) is 0 Å². The summed E-state index contributed by atoms with van der Waals surface area (Å²) in [5, 5.41) is 0. The van der Waals surface area contributed by atoms with Crippen molar-refractivity contribution < 1.29 is 23.8 Å². The molecular weight excluding hydrogens is 224 g/mol. The van der Waals surface area contributed by atoms with Crippen LogP contribution in [0.1, 0.15) is 24.2 Å². The molecule has 0 aliphatic carbocycles. The molecule has 1 aromatic carbocycles. The van der Waals surface area contributed by atoms with Gasteiger partial charge in [-0.3, -0.25) is 4.79 Å². The molecule has 1 aromatic rings. The quantitative estimate of drug-likeness (QED) is 0.590. The van der Waals surface area contributed by atoms with Gasteiger partial charge in [0.2, 0.25) is 6.29 Å². The molecule has 0 aliphatic rings. The van der Waals surface area contributed by atoms with Crippen LogP contribution in [0.2, 0.25) is 0 Å². The lowest BCUT2D eigenvalue weighted by atomic mass is 10.2. The fourth-order valence-corrected chi connectivity index (χ4v) is 1.23. The van der Waals surface area contributed by atoms with E-state index in [0.29, 0.717) is 11.3 Å². The lowest BCUT2D eigenvalue weighted by Crippen LogP contribution is -2.20. The van der Waals surface area contributed by atoms with Gasteiger partial charge in [-0.15, -0.1) is 0 Å². The van der Waals surface area contributed by atoms with Gasteiger partial charge in [-0.25, -0.2) is 4.79 Å². The van der Waals surface area contributed by atoms with E-state index in [1.54, 1.807) is 24.3 Å². The van der Waals surface area contributed by atoms with Crippen molar-refractivity contribution >= 4 is 11.9 Å². The van der Waals surface area contributed by atoms with Crippen molar-refractivity contribution in [2.45, 2.75) is 20.1 Å². The Labute approximate surface area is 99.3 Å². The van der Waals surface area contributed by atoms with Gasteiger partial charge >= 0.3 is 11.9 Å². The molecule has 0 N–H and O–H groups in total. The van der Waals surface area contributed by atoms with E-state index in [0.717, 1.165) is 0 Å². The predicted octanol–water partition coefficient (Wildman–Crippen LogP) is 1.76. The van der Waals surface area contributed by atoms with E-state index in [1.165, 1.54) is 21.0 Å². The van der Waals surface area contributed by atoms with Crippen molar-refractivity contribution in [2.24, 2.45) is 0 Å². The number of carbonyl (C=O) groups excluding carboxylic acids is 2. The zero-order valence-electron chi connectivity index (χ0n) is 9.93. The van der Waals surface area contributed by atoms with E-state index >= 15 is 0 Å². The van der Waals surface area contributed by atoms with Gasteiger partial charge < -0.3 is 14.2 Å². The molecule has 1 atom stereocenters. The maximum atomic E-state index is 11.6. The highest BCUT2D eigenvalue weighted by atomic mass is 16.7. The number of carbonyl (C=O) groups is 2. The number of hydrogen-bond acceptors (Lipinski definition) is 5. The summed E-state index contributed by atoms with van der Waals surface area (Å²) >= 11 is 0. The molecule has 0 saturated carbocycles. The second-order valence-corrected chi connectivity index (χ2v) is 3.31. The molecule has 0 fully saturated rings. The first-order chi connectivity index (χ1) is 8.02. The Balaban J connectivity index is 2.66. The van der Waals surface area contributed by atoms with Crippen LogP contribution in [-0.2, 0) is 14.3 Å².